The van der Waals surface area contributed by atoms with E-state index in [0.717, 1.165) is 20.3 Å². The lowest BCUT2D eigenvalue weighted by Crippen LogP contribution is -2.36. The van der Waals surface area contributed by atoms with Crippen molar-refractivity contribution in [1.29, 1.82) is 0 Å². The second-order valence-corrected chi connectivity index (χ2v) is 4.73. The minimum atomic E-state index is -3.66. The fraction of sp³-hybridized carbons (Fsp3) is 0.625. The van der Waals surface area contributed by atoms with E-state index in [9.17, 15) is 13.2 Å². The summed E-state index contributed by atoms with van der Waals surface area (Å²) in [6, 6.07) is 0. The van der Waals surface area contributed by atoms with Crippen LogP contribution < -0.4 is 6.15 Å². The lowest BCUT2D eigenvalue weighted by Gasteiger charge is -2.18. The molecule has 0 aromatic heterocycles. The minimum absolute atomic E-state index is 0. The zero-order valence-corrected chi connectivity index (χ0v) is 11.6. The van der Waals surface area contributed by atoms with Gasteiger partial charge in [-0.05, 0) is 0 Å². The Morgan fingerprint density at radius 3 is 1.59 bits per heavy atom. The number of carbonyl (C=O) groups is 1. The summed E-state index contributed by atoms with van der Waals surface area (Å²) >= 11 is 0. The minimum Gasteiger partial charge on any atom is -0.344 e. The Balaban J connectivity index is -0.000000224. The number of carbonyl (C=O) groups excluding carboxylic acids is 1. The summed E-state index contributed by atoms with van der Waals surface area (Å²) in [6.07, 6.45) is 1.14. The SMILES string of the molecule is C=CC(=O)O[N+](C)(C)C.COS(=O)(=O)OC.N. The van der Waals surface area contributed by atoms with Crippen molar-refractivity contribution in [1.82, 2.24) is 6.15 Å². The molecule has 0 aliphatic carbocycles. The molecule has 0 bridgehead atoms. The van der Waals surface area contributed by atoms with Gasteiger partial charge >= 0.3 is 16.4 Å². The van der Waals surface area contributed by atoms with Crippen molar-refractivity contribution < 1.29 is 31.1 Å². The Hall–Kier alpha value is -1.00. The van der Waals surface area contributed by atoms with Crippen LogP contribution in [-0.4, -0.2) is 54.4 Å². The monoisotopic (exact) mass is 273 g/mol. The van der Waals surface area contributed by atoms with Gasteiger partial charge in [0.05, 0.1) is 14.2 Å². The molecule has 17 heavy (non-hydrogen) atoms. The van der Waals surface area contributed by atoms with Gasteiger partial charge in [0.15, 0.2) is 0 Å². The molecule has 0 atom stereocenters. The van der Waals surface area contributed by atoms with Crippen LogP contribution >= 0.6 is 0 Å². The van der Waals surface area contributed by atoms with E-state index in [4.69, 9.17) is 4.84 Å². The first kappa shape index (κ1) is 21.3. The first-order valence-electron chi connectivity index (χ1n) is 4.11. The number of hydrogen-bond donors (Lipinski definition) is 1. The maximum Gasteiger partial charge on any atom is 0.399 e. The van der Waals surface area contributed by atoms with Crippen molar-refractivity contribution in [3.63, 3.8) is 0 Å². The zero-order valence-electron chi connectivity index (χ0n) is 10.8. The highest BCUT2D eigenvalue weighted by Gasteiger charge is 2.11. The predicted octanol–water partition coefficient (Wildman–Crippen LogP) is 0.0228. The van der Waals surface area contributed by atoms with Gasteiger partial charge in [0.2, 0.25) is 0 Å². The molecule has 0 fully saturated rings. The maximum atomic E-state index is 10.5. The van der Waals surface area contributed by atoms with Crippen LogP contribution in [0.3, 0.4) is 0 Å². The average Bonchev–Trinajstić information content (AvgIpc) is 2.16. The zero-order chi connectivity index (χ0) is 13.4. The van der Waals surface area contributed by atoms with Crippen molar-refractivity contribution >= 4 is 16.4 Å². The third-order valence-corrected chi connectivity index (χ3v) is 1.76. The summed E-state index contributed by atoms with van der Waals surface area (Å²) in [4.78, 5) is 15.2. The molecule has 0 heterocycles. The van der Waals surface area contributed by atoms with E-state index in [2.05, 4.69) is 14.9 Å². The van der Waals surface area contributed by atoms with E-state index in [-0.39, 0.29) is 10.8 Å². The molecule has 0 aliphatic rings. The predicted molar refractivity (Wildman–Crippen MR) is 62.3 cm³/mol. The van der Waals surface area contributed by atoms with Crippen LogP contribution in [0.25, 0.3) is 0 Å². The van der Waals surface area contributed by atoms with E-state index in [1.807, 2.05) is 0 Å². The molecule has 0 aromatic carbocycles. The quantitative estimate of drug-likeness (QED) is 0.436. The molecule has 0 rings (SSSR count). The lowest BCUT2D eigenvalue weighted by molar-refractivity contribution is -1.04. The molecular weight excluding hydrogens is 252 g/mol. The number of hydrogen-bond acceptors (Lipinski definition) is 7. The first-order valence-corrected chi connectivity index (χ1v) is 5.45. The van der Waals surface area contributed by atoms with Gasteiger partial charge in [-0.3, -0.25) is 13.2 Å². The molecule has 0 saturated heterocycles. The number of hydroxylamine groups is 3. The maximum absolute atomic E-state index is 10.5. The Morgan fingerprint density at radius 1 is 1.18 bits per heavy atom. The summed E-state index contributed by atoms with van der Waals surface area (Å²) < 4.78 is 27.7. The Labute approximate surface area is 102 Å². The third kappa shape index (κ3) is 17.6. The largest absolute Gasteiger partial charge is 0.399 e. The van der Waals surface area contributed by atoms with E-state index in [1.54, 1.807) is 21.1 Å². The number of quaternary nitrogens is 1. The third-order valence-electron chi connectivity index (χ3n) is 0.939. The number of nitrogens with zero attached hydrogens (tertiary/aromatic N) is 1. The molecule has 104 valence electrons. The van der Waals surface area contributed by atoms with Crippen molar-refractivity contribution in [2.24, 2.45) is 0 Å². The van der Waals surface area contributed by atoms with Crippen molar-refractivity contribution in [2.75, 3.05) is 35.4 Å². The highest BCUT2D eigenvalue weighted by molar-refractivity contribution is 7.81. The van der Waals surface area contributed by atoms with Crippen LogP contribution in [0.4, 0.5) is 0 Å². The highest BCUT2D eigenvalue weighted by atomic mass is 32.3. The summed E-state index contributed by atoms with van der Waals surface area (Å²) in [5, 5.41) is 0. The topological polar surface area (TPSA) is 114 Å². The van der Waals surface area contributed by atoms with Crippen LogP contribution in [-0.2, 0) is 28.4 Å². The molecule has 0 aliphatic heterocycles. The van der Waals surface area contributed by atoms with Crippen LogP contribution in [0, 0.1) is 0 Å². The van der Waals surface area contributed by atoms with Gasteiger partial charge in [-0.2, -0.15) is 8.42 Å². The normalized spacial score (nSPS) is 10.4. The van der Waals surface area contributed by atoms with Gasteiger partial charge in [-0.15, -0.1) is 4.65 Å². The molecule has 0 amide bonds. The average molecular weight is 273 g/mol. The summed E-state index contributed by atoms with van der Waals surface area (Å²) in [6.45, 7) is 3.26. The molecule has 0 saturated carbocycles. The van der Waals surface area contributed by atoms with E-state index < -0.39 is 16.4 Å². The molecule has 0 unspecified atom stereocenters. The van der Waals surface area contributed by atoms with Crippen molar-refractivity contribution in [3.8, 4) is 0 Å². The Kier molecular flexibility index (Phi) is 11.4. The van der Waals surface area contributed by atoms with E-state index in [1.165, 1.54) is 0 Å². The fourth-order valence-corrected chi connectivity index (χ4v) is 0.511. The van der Waals surface area contributed by atoms with Gasteiger partial charge in [-0.1, -0.05) is 6.58 Å². The van der Waals surface area contributed by atoms with E-state index in [0.29, 0.717) is 0 Å². The highest BCUT2D eigenvalue weighted by Crippen LogP contribution is 1.92. The smallest absolute Gasteiger partial charge is 0.344 e. The van der Waals surface area contributed by atoms with Crippen LogP contribution in [0.2, 0.25) is 0 Å². The van der Waals surface area contributed by atoms with Gasteiger partial charge in [0, 0.05) is 6.08 Å². The summed E-state index contributed by atoms with van der Waals surface area (Å²) in [7, 11) is 3.65. The summed E-state index contributed by atoms with van der Waals surface area (Å²) in [5.74, 6) is -0.400. The molecule has 0 aromatic rings. The van der Waals surface area contributed by atoms with Gasteiger partial charge in [-0.25, -0.2) is 4.79 Å². The van der Waals surface area contributed by atoms with Gasteiger partial charge in [0.1, 0.15) is 21.1 Å². The summed E-state index contributed by atoms with van der Waals surface area (Å²) in [5.41, 5.74) is 0. The number of rotatable bonds is 4. The van der Waals surface area contributed by atoms with Gasteiger partial charge < -0.3 is 6.15 Å². The van der Waals surface area contributed by atoms with Crippen LogP contribution in [0.15, 0.2) is 12.7 Å². The first-order chi connectivity index (χ1) is 7.08. The van der Waals surface area contributed by atoms with Crippen molar-refractivity contribution in [2.45, 2.75) is 0 Å². The molecule has 9 heteroatoms. The Bertz CT molecular complexity index is 309. The van der Waals surface area contributed by atoms with Crippen LogP contribution in [0.1, 0.15) is 0 Å². The molecule has 8 nitrogen and oxygen atoms in total. The Morgan fingerprint density at radius 2 is 1.53 bits per heavy atom. The second-order valence-electron chi connectivity index (χ2n) is 3.25. The molecule has 0 radical (unpaired) electrons. The molecule has 0 spiro atoms. The van der Waals surface area contributed by atoms with Gasteiger partial charge in [0.25, 0.3) is 0 Å². The lowest BCUT2D eigenvalue weighted by atomic mass is 10.7. The molecular formula is C8H21N2O6S+. The van der Waals surface area contributed by atoms with Crippen LogP contribution in [0.5, 0.6) is 0 Å². The fourth-order valence-electron chi connectivity index (χ4n) is 0.375. The van der Waals surface area contributed by atoms with Crippen molar-refractivity contribution in [3.05, 3.63) is 12.7 Å². The van der Waals surface area contributed by atoms with E-state index >= 15 is 0 Å². The molecule has 3 N–H and O–H groups in total. The second kappa shape index (κ2) is 9.07. The standard InChI is InChI=1S/C6H12NO2.C2H6O4S.H3N/c1-5-6(8)9-7(2,3)4;1-5-7(3,4)6-2;/h5H,1H2,2-4H3;1-2H3;1H3/q+1;;.